The Morgan fingerprint density at radius 1 is 0.964 bits per heavy atom. The molecule has 6 nitrogen and oxygen atoms in total. The first kappa shape index (κ1) is 17.7. The van der Waals surface area contributed by atoms with Crippen molar-refractivity contribution < 1.29 is 4.74 Å². The van der Waals surface area contributed by atoms with Gasteiger partial charge in [0, 0.05) is 29.9 Å². The molecular formula is C22H21N5O. The van der Waals surface area contributed by atoms with Crippen molar-refractivity contribution in [3.8, 4) is 5.75 Å². The summed E-state index contributed by atoms with van der Waals surface area (Å²) in [5.74, 6) is 2.14. The second-order valence-electron chi connectivity index (χ2n) is 6.43. The molecule has 2 aromatic heterocycles. The number of methoxy groups -OCH3 is 1. The Morgan fingerprint density at radius 3 is 2.61 bits per heavy atom. The van der Waals surface area contributed by atoms with Crippen molar-refractivity contribution >= 4 is 28.4 Å². The lowest BCUT2D eigenvalue weighted by atomic mass is 10.2. The molecule has 28 heavy (non-hydrogen) atoms. The highest BCUT2D eigenvalue weighted by atomic mass is 16.5. The molecule has 0 amide bonds. The fraction of sp³-hybridized carbons (Fsp3) is 0.136. The first-order valence-electron chi connectivity index (χ1n) is 9.04. The summed E-state index contributed by atoms with van der Waals surface area (Å²) in [4.78, 5) is 13.6. The predicted octanol–water partition coefficient (Wildman–Crippen LogP) is 4.70. The Morgan fingerprint density at radius 2 is 1.79 bits per heavy atom. The van der Waals surface area contributed by atoms with Crippen molar-refractivity contribution in [3.05, 3.63) is 78.1 Å². The van der Waals surface area contributed by atoms with Gasteiger partial charge in [0.05, 0.1) is 18.3 Å². The number of para-hydroxylation sites is 1. The van der Waals surface area contributed by atoms with Crippen molar-refractivity contribution in [1.29, 1.82) is 0 Å². The van der Waals surface area contributed by atoms with Crippen LogP contribution in [0.1, 0.15) is 11.3 Å². The van der Waals surface area contributed by atoms with Crippen LogP contribution in [0.25, 0.3) is 10.9 Å². The summed E-state index contributed by atoms with van der Waals surface area (Å²) >= 11 is 0. The van der Waals surface area contributed by atoms with E-state index in [0.29, 0.717) is 12.5 Å². The van der Waals surface area contributed by atoms with Crippen molar-refractivity contribution in [3.63, 3.8) is 0 Å². The number of ether oxygens (including phenoxy) is 1. The smallest absolute Gasteiger partial charge is 0.229 e. The maximum absolute atomic E-state index is 5.20. The Bertz CT molecular complexity index is 1090. The van der Waals surface area contributed by atoms with Crippen molar-refractivity contribution in [1.82, 2.24) is 15.0 Å². The molecule has 0 unspecified atom stereocenters. The van der Waals surface area contributed by atoms with Crippen molar-refractivity contribution in [2.75, 3.05) is 17.7 Å². The summed E-state index contributed by atoms with van der Waals surface area (Å²) in [7, 11) is 1.66. The molecule has 0 aliphatic carbocycles. The summed E-state index contributed by atoms with van der Waals surface area (Å²) < 4.78 is 5.20. The summed E-state index contributed by atoms with van der Waals surface area (Å²) in [6.07, 6.45) is 1.78. The highest BCUT2D eigenvalue weighted by Crippen LogP contribution is 2.24. The van der Waals surface area contributed by atoms with Gasteiger partial charge in [0.25, 0.3) is 0 Å². The van der Waals surface area contributed by atoms with Gasteiger partial charge in [-0.2, -0.15) is 4.98 Å². The Hall–Kier alpha value is -3.67. The number of fused-ring (bicyclic) bond motifs is 1. The molecule has 4 aromatic rings. The fourth-order valence-electron chi connectivity index (χ4n) is 2.98. The van der Waals surface area contributed by atoms with Crippen LogP contribution in [-0.4, -0.2) is 22.1 Å². The Balaban J connectivity index is 1.53. The molecule has 0 aliphatic rings. The number of nitrogens with one attached hydrogen (secondary N) is 2. The second-order valence-corrected chi connectivity index (χ2v) is 6.43. The molecule has 6 heteroatoms. The molecule has 2 N–H and O–H groups in total. The molecule has 0 atom stereocenters. The van der Waals surface area contributed by atoms with Crippen LogP contribution in [0.2, 0.25) is 0 Å². The molecule has 4 rings (SSSR count). The molecule has 0 bridgehead atoms. The number of hydrogen-bond acceptors (Lipinski definition) is 6. The van der Waals surface area contributed by atoms with Gasteiger partial charge in [-0.05, 0) is 36.8 Å². The first-order valence-corrected chi connectivity index (χ1v) is 9.04. The molecule has 0 spiro atoms. The summed E-state index contributed by atoms with van der Waals surface area (Å²) in [5.41, 5.74) is 3.79. The molecule has 0 radical (unpaired) electrons. The van der Waals surface area contributed by atoms with Crippen LogP contribution in [0.3, 0.4) is 0 Å². The number of anilines is 3. The van der Waals surface area contributed by atoms with Gasteiger partial charge in [-0.3, -0.25) is 4.98 Å². The summed E-state index contributed by atoms with van der Waals surface area (Å²) in [6.45, 7) is 2.61. The van der Waals surface area contributed by atoms with E-state index in [4.69, 9.17) is 4.74 Å². The third kappa shape index (κ3) is 4.01. The first-order chi connectivity index (χ1) is 13.7. The zero-order valence-electron chi connectivity index (χ0n) is 15.8. The Kier molecular flexibility index (Phi) is 5.01. The number of nitrogens with zero attached hydrogens (tertiary/aromatic N) is 3. The van der Waals surface area contributed by atoms with Crippen LogP contribution in [0.4, 0.5) is 17.5 Å². The van der Waals surface area contributed by atoms with Gasteiger partial charge in [0.1, 0.15) is 11.6 Å². The lowest BCUT2D eigenvalue weighted by molar-refractivity contribution is 0.414. The Labute approximate surface area is 163 Å². The number of aromatic nitrogens is 3. The lowest BCUT2D eigenvalue weighted by Crippen LogP contribution is -2.06. The van der Waals surface area contributed by atoms with Gasteiger partial charge in [-0.1, -0.05) is 30.3 Å². The number of aryl methyl sites for hydroxylation is 1. The van der Waals surface area contributed by atoms with E-state index in [1.165, 1.54) is 0 Å². The molecule has 0 aliphatic heterocycles. The number of hydrogen-bond donors (Lipinski definition) is 2. The molecule has 140 valence electrons. The number of rotatable bonds is 6. The maximum atomic E-state index is 5.20. The van der Waals surface area contributed by atoms with Crippen LogP contribution >= 0.6 is 0 Å². The minimum Gasteiger partial charge on any atom is -0.497 e. The van der Waals surface area contributed by atoms with Crippen LogP contribution < -0.4 is 15.4 Å². The summed E-state index contributed by atoms with van der Waals surface area (Å²) in [5, 5.41) is 7.72. The maximum Gasteiger partial charge on any atom is 0.229 e. The highest BCUT2D eigenvalue weighted by molar-refractivity contribution is 5.91. The van der Waals surface area contributed by atoms with Crippen LogP contribution in [-0.2, 0) is 6.54 Å². The monoisotopic (exact) mass is 371 g/mol. The van der Waals surface area contributed by atoms with Gasteiger partial charge in [0.2, 0.25) is 5.95 Å². The average molecular weight is 371 g/mol. The third-order valence-electron chi connectivity index (χ3n) is 4.37. The van der Waals surface area contributed by atoms with E-state index in [9.17, 15) is 0 Å². The zero-order valence-corrected chi connectivity index (χ0v) is 15.8. The van der Waals surface area contributed by atoms with Gasteiger partial charge in [-0.25, -0.2) is 4.98 Å². The van der Waals surface area contributed by atoms with E-state index in [1.54, 1.807) is 13.3 Å². The van der Waals surface area contributed by atoms with E-state index in [0.717, 1.165) is 39.4 Å². The SMILES string of the molecule is COc1ccc(CNc2cc(C)nc(Nc3cccc4cccnc34)n2)cc1. The van der Waals surface area contributed by atoms with E-state index in [1.807, 2.05) is 67.6 Å². The molecule has 0 saturated heterocycles. The highest BCUT2D eigenvalue weighted by Gasteiger charge is 2.06. The van der Waals surface area contributed by atoms with E-state index >= 15 is 0 Å². The number of benzene rings is 2. The molecule has 0 fully saturated rings. The minimum absolute atomic E-state index is 0.537. The fourth-order valence-corrected chi connectivity index (χ4v) is 2.98. The van der Waals surface area contributed by atoms with E-state index < -0.39 is 0 Å². The van der Waals surface area contributed by atoms with Crippen molar-refractivity contribution in [2.45, 2.75) is 13.5 Å². The average Bonchev–Trinajstić information content (AvgIpc) is 2.72. The van der Waals surface area contributed by atoms with Crippen LogP contribution in [0.15, 0.2) is 66.9 Å². The van der Waals surface area contributed by atoms with Gasteiger partial charge >= 0.3 is 0 Å². The predicted molar refractivity (Wildman–Crippen MR) is 112 cm³/mol. The standard InChI is InChI=1S/C22H21N5O/c1-15-13-20(24-14-16-8-10-18(28-2)11-9-16)27-22(25-15)26-19-7-3-5-17-6-4-12-23-21(17)19/h3-13H,14H2,1-2H3,(H2,24,25,26,27). The zero-order chi connectivity index (χ0) is 19.3. The van der Waals surface area contributed by atoms with Gasteiger partial charge in [0.15, 0.2) is 0 Å². The quantitative estimate of drug-likeness (QED) is 0.512. The normalized spacial score (nSPS) is 10.6. The number of pyridine rings is 1. The van der Waals surface area contributed by atoms with Gasteiger partial charge < -0.3 is 15.4 Å². The lowest BCUT2D eigenvalue weighted by Gasteiger charge is -2.11. The molecule has 0 saturated carbocycles. The minimum atomic E-state index is 0.537. The van der Waals surface area contributed by atoms with Gasteiger partial charge in [-0.15, -0.1) is 0 Å². The largest absolute Gasteiger partial charge is 0.497 e. The van der Waals surface area contributed by atoms with E-state index in [-0.39, 0.29) is 0 Å². The van der Waals surface area contributed by atoms with Crippen LogP contribution in [0, 0.1) is 6.92 Å². The third-order valence-corrected chi connectivity index (χ3v) is 4.37. The molecule has 2 heterocycles. The van der Waals surface area contributed by atoms with Crippen LogP contribution in [0.5, 0.6) is 5.75 Å². The van der Waals surface area contributed by atoms with Crippen molar-refractivity contribution in [2.24, 2.45) is 0 Å². The topological polar surface area (TPSA) is 72.0 Å². The summed E-state index contributed by atoms with van der Waals surface area (Å²) in [6, 6.07) is 19.8. The second kappa shape index (κ2) is 7.92. The molecule has 2 aromatic carbocycles. The van der Waals surface area contributed by atoms with E-state index in [2.05, 4.69) is 25.6 Å². The molecular weight excluding hydrogens is 350 g/mol.